The van der Waals surface area contributed by atoms with Crippen LogP contribution in [-0.2, 0) is 4.74 Å². The van der Waals surface area contributed by atoms with E-state index in [2.05, 4.69) is 17.1 Å². The molecule has 3 nitrogen and oxygen atoms in total. The van der Waals surface area contributed by atoms with E-state index in [4.69, 9.17) is 4.74 Å². The number of nitrogens with one attached hydrogen (secondary N) is 1. The van der Waals surface area contributed by atoms with E-state index in [1.807, 2.05) is 0 Å². The molecule has 0 aromatic rings. The van der Waals surface area contributed by atoms with Gasteiger partial charge in [-0.3, -0.25) is 4.90 Å². The molecular formula is C14H30N2O. The van der Waals surface area contributed by atoms with Crippen LogP contribution in [0, 0.1) is 0 Å². The first-order valence-corrected chi connectivity index (χ1v) is 7.44. The van der Waals surface area contributed by atoms with Gasteiger partial charge in [-0.25, -0.2) is 0 Å². The average molecular weight is 242 g/mol. The topological polar surface area (TPSA) is 24.5 Å². The molecule has 1 N–H and O–H groups in total. The molecular weight excluding hydrogens is 212 g/mol. The zero-order valence-corrected chi connectivity index (χ0v) is 11.5. The van der Waals surface area contributed by atoms with Gasteiger partial charge in [-0.2, -0.15) is 0 Å². The molecule has 0 spiro atoms. The molecule has 1 heterocycles. The van der Waals surface area contributed by atoms with Gasteiger partial charge in [0.1, 0.15) is 0 Å². The smallest absolute Gasteiger partial charge is 0.0593 e. The fourth-order valence-corrected chi connectivity index (χ4v) is 2.21. The molecule has 3 heteroatoms. The summed E-state index contributed by atoms with van der Waals surface area (Å²) in [5.41, 5.74) is 0. The summed E-state index contributed by atoms with van der Waals surface area (Å²) in [7, 11) is 0. The lowest BCUT2D eigenvalue weighted by Gasteiger charge is -2.26. The maximum atomic E-state index is 5.68. The van der Waals surface area contributed by atoms with Gasteiger partial charge in [0.2, 0.25) is 0 Å². The fourth-order valence-electron chi connectivity index (χ4n) is 2.21. The van der Waals surface area contributed by atoms with E-state index in [-0.39, 0.29) is 0 Å². The van der Waals surface area contributed by atoms with E-state index in [0.717, 1.165) is 32.8 Å². The Morgan fingerprint density at radius 1 is 0.941 bits per heavy atom. The SMILES string of the molecule is CCCCCCCCOCCN1CCNCC1. The van der Waals surface area contributed by atoms with Gasteiger partial charge in [0.15, 0.2) is 0 Å². The van der Waals surface area contributed by atoms with Crippen LogP contribution in [0.2, 0.25) is 0 Å². The maximum Gasteiger partial charge on any atom is 0.0593 e. The Bertz CT molecular complexity index is 158. The molecule has 0 bridgehead atoms. The van der Waals surface area contributed by atoms with Crippen LogP contribution in [0.1, 0.15) is 45.4 Å². The van der Waals surface area contributed by atoms with Crippen molar-refractivity contribution in [2.45, 2.75) is 45.4 Å². The first-order chi connectivity index (χ1) is 8.43. The lowest BCUT2D eigenvalue weighted by Crippen LogP contribution is -2.44. The van der Waals surface area contributed by atoms with Crippen molar-refractivity contribution >= 4 is 0 Å². The summed E-state index contributed by atoms with van der Waals surface area (Å²) in [6, 6.07) is 0. The standard InChI is InChI=1S/C14H30N2O/c1-2-3-4-5-6-7-13-17-14-12-16-10-8-15-9-11-16/h15H,2-14H2,1H3. The van der Waals surface area contributed by atoms with Crippen molar-refractivity contribution in [1.29, 1.82) is 0 Å². The highest BCUT2D eigenvalue weighted by atomic mass is 16.5. The number of piperazine rings is 1. The molecule has 1 fully saturated rings. The number of hydrogen-bond donors (Lipinski definition) is 1. The van der Waals surface area contributed by atoms with Crippen molar-refractivity contribution in [2.75, 3.05) is 45.9 Å². The summed E-state index contributed by atoms with van der Waals surface area (Å²) < 4.78 is 5.68. The normalized spacial score (nSPS) is 17.5. The monoisotopic (exact) mass is 242 g/mol. The molecule has 0 amide bonds. The molecule has 0 saturated carbocycles. The van der Waals surface area contributed by atoms with Gasteiger partial charge in [0, 0.05) is 39.3 Å². The maximum absolute atomic E-state index is 5.68. The highest BCUT2D eigenvalue weighted by molar-refractivity contribution is 4.66. The van der Waals surface area contributed by atoms with Gasteiger partial charge >= 0.3 is 0 Å². The number of rotatable bonds is 10. The number of ether oxygens (including phenoxy) is 1. The minimum Gasteiger partial charge on any atom is -0.380 e. The van der Waals surface area contributed by atoms with Crippen LogP contribution in [0.15, 0.2) is 0 Å². The molecule has 0 atom stereocenters. The summed E-state index contributed by atoms with van der Waals surface area (Å²) >= 11 is 0. The van der Waals surface area contributed by atoms with E-state index in [0.29, 0.717) is 0 Å². The Hall–Kier alpha value is -0.120. The second-order valence-corrected chi connectivity index (χ2v) is 4.97. The van der Waals surface area contributed by atoms with Crippen LogP contribution in [0.4, 0.5) is 0 Å². The van der Waals surface area contributed by atoms with Crippen molar-refractivity contribution in [3.63, 3.8) is 0 Å². The fraction of sp³-hybridized carbons (Fsp3) is 1.00. The van der Waals surface area contributed by atoms with Crippen molar-refractivity contribution < 1.29 is 4.74 Å². The predicted octanol–water partition coefficient (Wildman–Crippen LogP) is 2.27. The molecule has 102 valence electrons. The first-order valence-electron chi connectivity index (χ1n) is 7.44. The van der Waals surface area contributed by atoms with Crippen molar-refractivity contribution in [3.05, 3.63) is 0 Å². The Balaban J connectivity index is 1.75. The van der Waals surface area contributed by atoms with Gasteiger partial charge in [-0.1, -0.05) is 39.0 Å². The van der Waals surface area contributed by atoms with Crippen LogP contribution in [0.25, 0.3) is 0 Å². The molecule has 0 radical (unpaired) electrons. The zero-order valence-electron chi connectivity index (χ0n) is 11.5. The highest BCUT2D eigenvalue weighted by Gasteiger charge is 2.07. The van der Waals surface area contributed by atoms with E-state index >= 15 is 0 Å². The van der Waals surface area contributed by atoms with Crippen LogP contribution >= 0.6 is 0 Å². The number of nitrogens with zero attached hydrogens (tertiary/aromatic N) is 1. The molecule has 1 saturated heterocycles. The van der Waals surface area contributed by atoms with Crippen molar-refractivity contribution in [2.24, 2.45) is 0 Å². The largest absolute Gasteiger partial charge is 0.380 e. The molecule has 0 aromatic heterocycles. The third kappa shape index (κ3) is 8.58. The van der Waals surface area contributed by atoms with E-state index in [1.165, 1.54) is 51.6 Å². The van der Waals surface area contributed by atoms with Crippen LogP contribution in [-0.4, -0.2) is 50.8 Å². The summed E-state index contributed by atoms with van der Waals surface area (Å²) in [5, 5.41) is 3.37. The average Bonchev–Trinajstić information content (AvgIpc) is 2.38. The molecule has 1 rings (SSSR count). The number of unbranched alkanes of at least 4 members (excludes halogenated alkanes) is 5. The van der Waals surface area contributed by atoms with E-state index in [9.17, 15) is 0 Å². The summed E-state index contributed by atoms with van der Waals surface area (Å²) in [4.78, 5) is 2.48. The van der Waals surface area contributed by atoms with Crippen molar-refractivity contribution in [1.82, 2.24) is 10.2 Å². The van der Waals surface area contributed by atoms with E-state index < -0.39 is 0 Å². The van der Waals surface area contributed by atoms with Gasteiger partial charge in [-0.15, -0.1) is 0 Å². The molecule has 0 unspecified atom stereocenters. The molecule has 0 aliphatic carbocycles. The van der Waals surface area contributed by atoms with Gasteiger partial charge in [-0.05, 0) is 6.42 Å². The highest BCUT2D eigenvalue weighted by Crippen LogP contribution is 2.04. The van der Waals surface area contributed by atoms with Crippen LogP contribution in [0.5, 0.6) is 0 Å². The first kappa shape index (κ1) is 14.9. The Morgan fingerprint density at radius 3 is 2.41 bits per heavy atom. The van der Waals surface area contributed by atoms with Crippen LogP contribution in [0.3, 0.4) is 0 Å². The second kappa shape index (κ2) is 11.0. The lowest BCUT2D eigenvalue weighted by atomic mass is 10.1. The quantitative estimate of drug-likeness (QED) is 0.595. The summed E-state index contributed by atoms with van der Waals surface area (Å²) in [5.74, 6) is 0. The predicted molar refractivity (Wildman–Crippen MR) is 73.5 cm³/mol. The molecule has 17 heavy (non-hydrogen) atoms. The lowest BCUT2D eigenvalue weighted by molar-refractivity contribution is 0.0962. The molecule has 0 aromatic carbocycles. The summed E-state index contributed by atoms with van der Waals surface area (Å²) in [6.45, 7) is 9.87. The van der Waals surface area contributed by atoms with Gasteiger partial charge < -0.3 is 10.1 Å². The third-order valence-corrected chi connectivity index (χ3v) is 3.40. The Labute approximate surface area is 107 Å². The Morgan fingerprint density at radius 2 is 1.65 bits per heavy atom. The van der Waals surface area contributed by atoms with Crippen LogP contribution < -0.4 is 5.32 Å². The Kier molecular flexibility index (Phi) is 9.66. The minimum absolute atomic E-state index is 0.912. The summed E-state index contributed by atoms with van der Waals surface area (Å²) in [6.07, 6.45) is 8.09. The minimum atomic E-state index is 0.912. The molecule has 1 aliphatic rings. The van der Waals surface area contributed by atoms with Gasteiger partial charge in [0.25, 0.3) is 0 Å². The van der Waals surface area contributed by atoms with Crippen molar-refractivity contribution in [3.8, 4) is 0 Å². The number of hydrogen-bond acceptors (Lipinski definition) is 3. The third-order valence-electron chi connectivity index (χ3n) is 3.40. The van der Waals surface area contributed by atoms with E-state index in [1.54, 1.807) is 0 Å². The molecule has 1 aliphatic heterocycles. The van der Waals surface area contributed by atoms with Gasteiger partial charge in [0.05, 0.1) is 6.61 Å². The zero-order chi connectivity index (χ0) is 12.2. The second-order valence-electron chi connectivity index (χ2n) is 4.97.